The quantitative estimate of drug-likeness (QED) is 0.838. The van der Waals surface area contributed by atoms with Gasteiger partial charge in [0, 0.05) is 12.6 Å². The Balaban J connectivity index is 1.35. The highest BCUT2D eigenvalue weighted by atomic mass is 16.5. The first kappa shape index (κ1) is 14.6. The van der Waals surface area contributed by atoms with Gasteiger partial charge in [0.05, 0.1) is 12.2 Å². The lowest BCUT2D eigenvalue weighted by Crippen LogP contribution is -2.36. The molecule has 0 radical (unpaired) electrons. The molecule has 23 heavy (non-hydrogen) atoms. The minimum atomic E-state index is 0.0554. The minimum Gasteiger partial charge on any atom is -0.343 e. The summed E-state index contributed by atoms with van der Waals surface area (Å²) in [5, 5.41) is 8.44. The Morgan fingerprint density at radius 1 is 1.26 bits per heavy atom. The summed E-state index contributed by atoms with van der Waals surface area (Å²) in [4.78, 5) is 18.6. The SMILES string of the molecule is O=c1cc2c(nn1CC1CCN(Cc3ncon3)CC1)CCC2. The average molecular weight is 315 g/mol. The maximum absolute atomic E-state index is 12.2. The minimum absolute atomic E-state index is 0.0554. The van der Waals surface area contributed by atoms with Crippen LogP contribution in [0.25, 0.3) is 0 Å². The third kappa shape index (κ3) is 3.19. The second kappa shape index (κ2) is 6.23. The van der Waals surface area contributed by atoms with Gasteiger partial charge in [0.15, 0.2) is 5.82 Å². The first-order valence-corrected chi connectivity index (χ1v) is 8.35. The molecule has 7 nitrogen and oxygen atoms in total. The number of fused-ring (bicyclic) bond motifs is 1. The van der Waals surface area contributed by atoms with E-state index in [1.165, 1.54) is 6.39 Å². The molecule has 3 heterocycles. The van der Waals surface area contributed by atoms with Crippen molar-refractivity contribution in [3.63, 3.8) is 0 Å². The zero-order valence-electron chi connectivity index (χ0n) is 13.1. The van der Waals surface area contributed by atoms with Gasteiger partial charge in [0.25, 0.3) is 5.56 Å². The van der Waals surface area contributed by atoms with E-state index in [4.69, 9.17) is 4.52 Å². The maximum atomic E-state index is 12.2. The van der Waals surface area contributed by atoms with Crippen LogP contribution in [0.3, 0.4) is 0 Å². The largest absolute Gasteiger partial charge is 0.343 e. The lowest BCUT2D eigenvalue weighted by Gasteiger charge is -2.31. The van der Waals surface area contributed by atoms with Crippen molar-refractivity contribution in [1.29, 1.82) is 0 Å². The van der Waals surface area contributed by atoms with Crippen LogP contribution in [0, 0.1) is 5.92 Å². The van der Waals surface area contributed by atoms with E-state index in [2.05, 4.69) is 20.1 Å². The molecule has 122 valence electrons. The highest BCUT2D eigenvalue weighted by Gasteiger charge is 2.22. The third-order valence-electron chi connectivity index (χ3n) is 4.93. The van der Waals surface area contributed by atoms with Gasteiger partial charge in [-0.3, -0.25) is 9.69 Å². The highest BCUT2D eigenvalue weighted by Crippen LogP contribution is 2.21. The van der Waals surface area contributed by atoms with Crippen LogP contribution >= 0.6 is 0 Å². The first-order chi connectivity index (χ1) is 11.3. The van der Waals surface area contributed by atoms with Crippen LogP contribution in [-0.2, 0) is 25.9 Å². The molecule has 0 aromatic carbocycles. The molecular weight excluding hydrogens is 294 g/mol. The van der Waals surface area contributed by atoms with E-state index in [1.54, 1.807) is 10.7 Å². The van der Waals surface area contributed by atoms with Crippen molar-refractivity contribution in [2.75, 3.05) is 13.1 Å². The predicted octanol–water partition coefficient (Wildman–Crippen LogP) is 1.03. The fourth-order valence-electron chi connectivity index (χ4n) is 3.60. The van der Waals surface area contributed by atoms with Gasteiger partial charge < -0.3 is 4.52 Å². The van der Waals surface area contributed by atoms with Gasteiger partial charge >= 0.3 is 0 Å². The Bertz CT molecular complexity index is 717. The Morgan fingerprint density at radius 3 is 2.91 bits per heavy atom. The molecule has 0 spiro atoms. The van der Waals surface area contributed by atoms with Crippen molar-refractivity contribution >= 4 is 0 Å². The second-order valence-electron chi connectivity index (χ2n) is 6.56. The van der Waals surface area contributed by atoms with Gasteiger partial charge in [-0.25, -0.2) is 4.68 Å². The van der Waals surface area contributed by atoms with Crippen molar-refractivity contribution in [3.05, 3.63) is 39.9 Å². The summed E-state index contributed by atoms with van der Waals surface area (Å²) in [6.07, 6.45) is 6.66. The summed E-state index contributed by atoms with van der Waals surface area (Å²) >= 11 is 0. The molecule has 0 amide bonds. The van der Waals surface area contributed by atoms with Crippen LogP contribution in [0.15, 0.2) is 21.8 Å². The standard InChI is InChI=1S/C16H21N5O2/c22-16-8-13-2-1-3-14(13)18-21(16)9-12-4-6-20(7-5-12)10-15-17-11-23-19-15/h8,11-12H,1-7,9-10H2. The summed E-state index contributed by atoms with van der Waals surface area (Å²) in [5.41, 5.74) is 2.33. The number of likely N-dealkylation sites (tertiary alicyclic amines) is 1. The number of rotatable bonds is 4. The van der Waals surface area contributed by atoms with Crippen molar-refractivity contribution < 1.29 is 4.52 Å². The third-order valence-corrected chi connectivity index (χ3v) is 4.93. The summed E-state index contributed by atoms with van der Waals surface area (Å²) < 4.78 is 6.46. The Hall–Kier alpha value is -2.02. The molecule has 1 saturated heterocycles. The van der Waals surface area contributed by atoms with Crippen LogP contribution in [0.2, 0.25) is 0 Å². The molecule has 2 aromatic heterocycles. The molecular formula is C16H21N5O2. The van der Waals surface area contributed by atoms with Crippen LogP contribution in [-0.4, -0.2) is 37.9 Å². The van der Waals surface area contributed by atoms with E-state index < -0.39 is 0 Å². The fourth-order valence-corrected chi connectivity index (χ4v) is 3.60. The highest BCUT2D eigenvalue weighted by molar-refractivity contribution is 5.22. The van der Waals surface area contributed by atoms with Gasteiger partial charge in [-0.2, -0.15) is 10.1 Å². The Labute approximate surface area is 134 Å². The second-order valence-corrected chi connectivity index (χ2v) is 6.56. The van der Waals surface area contributed by atoms with Crippen LogP contribution in [0.1, 0.15) is 36.3 Å². The smallest absolute Gasteiger partial charge is 0.267 e. The van der Waals surface area contributed by atoms with E-state index >= 15 is 0 Å². The van der Waals surface area contributed by atoms with Crippen molar-refractivity contribution in [3.8, 4) is 0 Å². The van der Waals surface area contributed by atoms with Gasteiger partial charge in [-0.15, -0.1) is 0 Å². The van der Waals surface area contributed by atoms with Gasteiger partial charge in [0.2, 0.25) is 6.39 Å². The zero-order valence-corrected chi connectivity index (χ0v) is 13.1. The fraction of sp³-hybridized carbons (Fsp3) is 0.625. The van der Waals surface area contributed by atoms with Crippen LogP contribution in [0.5, 0.6) is 0 Å². The van der Waals surface area contributed by atoms with E-state index in [-0.39, 0.29) is 5.56 Å². The number of hydrogen-bond acceptors (Lipinski definition) is 6. The van der Waals surface area contributed by atoms with E-state index in [0.717, 1.165) is 75.4 Å². The topological polar surface area (TPSA) is 77.0 Å². The molecule has 0 atom stereocenters. The summed E-state index contributed by atoms with van der Waals surface area (Å²) in [6.45, 7) is 3.47. The lowest BCUT2D eigenvalue weighted by molar-refractivity contribution is 0.159. The van der Waals surface area contributed by atoms with E-state index in [0.29, 0.717) is 5.92 Å². The number of piperidine rings is 1. The molecule has 7 heteroatoms. The van der Waals surface area contributed by atoms with Crippen LogP contribution in [0.4, 0.5) is 0 Å². The summed E-state index contributed by atoms with van der Waals surface area (Å²) in [5.74, 6) is 1.25. The molecule has 0 unspecified atom stereocenters. The summed E-state index contributed by atoms with van der Waals surface area (Å²) in [7, 11) is 0. The zero-order chi connectivity index (χ0) is 15.6. The molecule has 0 bridgehead atoms. The number of aromatic nitrogens is 4. The molecule has 0 N–H and O–H groups in total. The molecule has 0 saturated carbocycles. The molecule has 4 rings (SSSR count). The first-order valence-electron chi connectivity index (χ1n) is 8.35. The van der Waals surface area contributed by atoms with Gasteiger partial charge in [-0.05, 0) is 56.7 Å². The average Bonchev–Trinajstić information content (AvgIpc) is 3.21. The van der Waals surface area contributed by atoms with Crippen molar-refractivity contribution in [1.82, 2.24) is 24.8 Å². The van der Waals surface area contributed by atoms with Gasteiger partial charge in [-0.1, -0.05) is 5.16 Å². The van der Waals surface area contributed by atoms with Crippen molar-refractivity contribution in [2.24, 2.45) is 5.92 Å². The van der Waals surface area contributed by atoms with Gasteiger partial charge in [0.1, 0.15) is 0 Å². The number of aryl methyl sites for hydroxylation is 2. The Morgan fingerprint density at radius 2 is 2.13 bits per heavy atom. The van der Waals surface area contributed by atoms with Crippen molar-refractivity contribution in [2.45, 2.75) is 45.2 Å². The normalized spacial score (nSPS) is 19.1. The molecule has 1 aliphatic carbocycles. The molecule has 2 aromatic rings. The number of hydrogen-bond donors (Lipinski definition) is 0. The van der Waals surface area contributed by atoms with Crippen LogP contribution < -0.4 is 5.56 Å². The van der Waals surface area contributed by atoms with E-state index in [1.807, 2.05) is 0 Å². The molecule has 1 fully saturated rings. The molecule has 1 aliphatic heterocycles. The van der Waals surface area contributed by atoms with E-state index in [9.17, 15) is 4.79 Å². The Kier molecular flexibility index (Phi) is 3.95. The monoisotopic (exact) mass is 315 g/mol. The molecule has 2 aliphatic rings. The lowest BCUT2D eigenvalue weighted by atomic mass is 9.97. The predicted molar refractivity (Wildman–Crippen MR) is 82.8 cm³/mol. The maximum Gasteiger partial charge on any atom is 0.267 e. The number of nitrogens with zero attached hydrogens (tertiary/aromatic N) is 5. The summed E-state index contributed by atoms with van der Waals surface area (Å²) in [6, 6.07) is 1.79.